The Morgan fingerprint density at radius 2 is 0.714 bits per heavy atom. The zero-order chi connectivity index (χ0) is 51.5. The predicted octanol–water partition coefficient (Wildman–Crippen LogP) is 6.59. The van der Waals surface area contributed by atoms with Crippen molar-refractivity contribution in [3.63, 3.8) is 0 Å². The molecule has 2 aliphatic rings. The number of aliphatic hydroxyl groups is 8. The highest BCUT2D eigenvalue weighted by Crippen LogP contribution is 2.27. The molecule has 2 aliphatic heterocycles. The maximum atomic E-state index is 10.4. The molecule has 2 heterocycles. The summed E-state index contributed by atoms with van der Waals surface area (Å²) >= 11 is 0. The molecule has 0 aromatic heterocycles. The standard InChI is InChI=1S/C54H106O16/c1-39(2)23-21-25-41(5)27-31-65-43(37-67-53-49(61)47(59)51(69-53)45(57)33-55)35-63-29-19-17-15-13-11-9-7-8-10-12-14-16-18-20-30-64-36-44(66-32-28-42(6)26-22-24-40(3)4)38-68-54-50(62)48(60)52(70-54)46(58)34-56/h39-62H,7-38H2,1-6H3/t41-,42-,43+,44+,45-,46-,47-,48-,49-,50-,51+,52+,53-,54-/m1/s1. The van der Waals surface area contributed by atoms with Crippen LogP contribution in [0.15, 0.2) is 0 Å². The van der Waals surface area contributed by atoms with Gasteiger partial charge in [-0.25, -0.2) is 0 Å². The van der Waals surface area contributed by atoms with E-state index in [-0.39, 0.29) is 25.4 Å². The van der Waals surface area contributed by atoms with Crippen LogP contribution in [0.3, 0.4) is 0 Å². The van der Waals surface area contributed by atoms with Gasteiger partial charge in [0, 0.05) is 26.4 Å². The molecule has 8 N–H and O–H groups in total. The van der Waals surface area contributed by atoms with Gasteiger partial charge in [0.2, 0.25) is 0 Å². The number of hydrogen-bond donors (Lipinski definition) is 8. The minimum Gasteiger partial charge on any atom is -0.394 e. The molecule has 70 heavy (non-hydrogen) atoms. The van der Waals surface area contributed by atoms with Crippen molar-refractivity contribution in [2.75, 3.05) is 66.1 Å². The molecule has 0 aromatic carbocycles. The molecular weight excluding hydrogens is 905 g/mol. The average molecular weight is 1010 g/mol. The fourth-order valence-electron chi connectivity index (χ4n) is 9.02. The van der Waals surface area contributed by atoms with Crippen LogP contribution >= 0.6 is 0 Å². The zero-order valence-electron chi connectivity index (χ0n) is 44.7. The maximum absolute atomic E-state index is 10.4. The fourth-order valence-corrected chi connectivity index (χ4v) is 9.02. The predicted molar refractivity (Wildman–Crippen MR) is 270 cm³/mol. The molecule has 0 bridgehead atoms. The van der Waals surface area contributed by atoms with E-state index < -0.39 is 74.6 Å². The van der Waals surface area contributed by atoms with Crippen molar-refractivity contribution in [1.82, 2.24) is 0 Å². The Morgan fingerprint density at radius 3 is 1.03 bits per heavy atom. The summed E-state index contributed by atoms with van der Waals surface area (Å²) in [4.78, 5) is 0. The van der Waals surface area contributed by atoms with Crippen LogP contribution in [-0.4, -0.2) is 181 Å². The van der Waals surface area contributed by atoms with Crippen molar-refractivity contribution in [3.8, 4) is 0 Å². The molecule has 418 valence electrons. The normalized spacial score (nSPS) is 25.5. The van der Waals surface area contributed by atoms with E-state index in [9.17, 15) is 40.9 Å². The van der Waals surface area contributed by atoms with Crippen LogP contribution in [0, 0.1) is 23.7 Å². The molecular formula is C54H106O16. The topological polar surface area (TPSA) is 236 Å². The van der Waals surface area contributed by atoms with Crippen molar-refractivity contribution >= 4 is 0 Å². The van der Waals surface area contributed by atoms with Crippen LogP contribution in [0.1, 0.15) is 183 Å². The minimum absolute atomic E-state index is 0.102. The van der Waals surface area contributed by atoms with Gasteiger partial charge >= 0.3 is 0 Å². The van der Waals surface area contributed by atoms with Gasteiger partial charge in [0.05, 0.1) is 39.6 Å². The summed E-state index contributed by atoms with van der Waals surface area (Å²) in [7, 11) is 0. The van der Waals surface area contributed by atoms with E-state index in [0.717, 1.165) is 51.4 Å². The summed E-state index contributed by atoms with van der Waals surface area (Å²) < 4.78 is 47.1. The zero-order valence-corrected chi connectivity index (χ0v) is 44.7. The second kappa shape index (κ2) is 40.6. The van der Waals surface area contributed by atoms with E-state index in [1.165, 1.54) is 89.9 Å². The van der Waals surface area contributed by atoms with Crippen LogP contribution in [0.4, 0.5) is 0 Å². The third-order valence-electron chi connectivity index (χ3n) is 13.9. The summed E-state index contributed by atoms with van der Waals surface area (Å²) in [6.07, 6.45) is 12.3. The molecule has 16 heteroatoms. The second-order valence-corrected chi connectivity index (χ2v) is 21.6. The van der Waals surface area contributed by atoms with Crippen molar-refractivity contribution < 1.29 is 78.7 Å². The van der Waals surface area contributed by atoms with Gasteiger partial charge in [-0.1, -0.05) is 157 Å². The average Bonchev–Trinajstić information content (AvgIpc) is 3.78. The lowest BCUT2D eigenvalue weighted by molar-refractivity contribution is -0.198. The number of hydrogen-bond acceptors (Lipinski definition) is 16. The maximum Gasteiger partial charge on any atom is 0.186 e. The van der Waals surface area contributed by atoms with E-state index in [1.807, 2.05) is 0 Å². The smallest absolute Gasteiger partial charge is 0.186 e. The van der Waals surface area contributed by atoms with Gasteiger partial charge in [-0.3, -0.25) is 0 Å². The van der Waals surface area contributed by atoms with Gasteiger partial charge in [-0.05, 0) is 49.4 Å². The summed E-state index contributed by atoms with van der Waals surface area (Å²) in [5.74, 6) is 2.50. The molecule has 0 spiro atoms. The van der Waals surface area contributed by atoms with Crippen molar-refractivity contribution in [1.29, 1.82) is 0 Å². The Kier molecular flexibility index (Phi) is 38.0. The van der Waals surface area contributed by atoms with E-state index in [0.29, 0.717) is 63.3 Å². The molecule has 0 amide bonds. The Hall–Kier alpha value is -0.640. The van der Waals surface area contributed by atoms with Crippen molar-refractivity contribution in [2.45, 2.75) is 256 Å². The van der Waals surface area contributed by atoms with Crippen LogP contribution < -0.4 is 0 Å². The Labute approximate surface area is 423 Å². The van der Waals surface area contributed by atoms with E-state index in [1.54, 1.807) is 0 Å². The lowest BCUT2D eigenvalue weighted by Gasteiger charge is -2.23. The van der Waals surface area contributed by atoms with Crippen LogP contribution in [-0.2, 0) is 37.9 Å². The highest BCUT2D eigenvalue weighted by Gasteiger charge is 2.48. The third kappa shape index (κ3) is 29.5. The van der Waals surface area contributed by atoms with Crippen LogP contribution in [0.25, 0.3) is 0 Å². The largest absolute Gasteiger partial charge is 0.394 e. The first-order valence-corrected chi connectivity index (χ1v) is 27.9. The third-order valence-corrected chi connectivity index (χ3v) is 13.9. The molecule has 0 unspecified atom stereocenters. The second-order valence-electron chi connectivity index (χ2n) is 21.6. The molecule has 14 atom stereocenters. The summed E-state index contributed by atoms with van der Waals surface area (Å²) in [6.45, 7) is 15.6. The fraction of sp³-hybridized carbons (Fsp3) is 1.00. The highest BCUT2D eigenvalue weighted by molar-refractivity contribution is 4.91. The van der Waals surface area contributed by atoms with Crippen LogP contribution in [0.2, 0.25) is 0 Å². The van der Waals surface area contributed by atoms with Gasteiger partial charge in [-0.15, -0.1) is 0 Å². The van der Waals surface area contributed by atoms with Crippen molar-refractivity contribution in [2.24, 2.45) is 23.7 Å². The lowest BCUT2D eigenvalue weighted by atomic mass is 9.98. The van der Waals surface area contributed by atoms with Gasteiger partial charge in [0.25, 0.3) is 0 Å². The minimum atomic E-state index is -1.37. The first kappa shape index (κ1) is 65.5. The Morgan fingerprint density at radius 1 is 0.386 bits per heavy atom. The van der Waals surface area contributed by atoms with E-state index in [2.05, 4.69) is 41.5 Å². The van der Waals surface area contributed by atoms with Gasteiger partial charge in [0.15, 0.2) is 12.6 Å². The summed E-state index contributed by atoms with van der Waals surface area (Å²) in [6, 6.07) is 0. The molecule has 0 aliphatic carbocycles. The quantitative estimate of drug-likeness (QED) is 0.0300. The number of rotatable bonds is 47. The molecule has 2 rings (SSSR count). The molecule has 0 saturated carbocycles. The summed E-state index contributed by atoms with van der Waals surface area (Å²) in [5, 5.41) is 79.8. The summed E-state index contributed by atoms with van der Waals surface area (Å²) in [5.41, 5.74) is 0. The Bertz CT molecular complexity index is 1100. The molecule has 0 radical (unpaired) electrons. The number of ether oxygens (including phenoxy) is 8. The SMILES string of the molecule is CC(C)CCC[C@@H](C)CCO[C@@H](COCCCCCCCCCCCCCCCCOC[C@@H](CO[C@@H]1O[C@@H]([C@H](O)CO)[C@H](O)[C@H]1O)OCC[C@H](C)CCCC(C)C)CO[C@@H]1O[C@@H]([C@H](O)CO)[C@H](O)[C@H]1O. The van der Waals surface area contributed by atoms with Gasteiger partial charge in [-0.2, -0.15) is 0 Å². The number of aliphatic hydroxyl groups excluding tert-OH is 8. The first-order chi connectivity index (χ1) is 33.7. The van der Waals surface area contributed by atoms with Crippen molar-refractivity contribution in [3.05, 3.63) is 0 Å². The monoisotopic (exact) mass is 1010 g/mol. The lowest BCUT2D eigenvalue weighted by Crippen LogP contribution is -2.40. The van der Waals surface area contributed by atoms with E-state index in [4.69, 9.17) is 37.9 Å². The highest BCUT2D eigenvalue weighted by atomic mass is 16.7. The van der Waals surface area contributed by atoms with Crippen LogP contribution in [0.5, 0.6) is 0 Å². The van der Waals surface area contributed by atoms with Gasteiger partial charge < -0.3 is 78.7 Å². The first-order valence-electron chi connectivity index (χ1n) is 27.9. The Balaban J connectivity index is 1.53. The van der Waals surface area contributed by atoms with E-state index >= 15 is 0 Å². The molecule has 2 saturated heterocycles. The molecule has 16 nitrogen and oxygen atoms in total. The van der Waals surface area contributed by atoms with Gasteiger partial charge in [0.1, 0.15) is 61.0 Å². The molecule has 0 aromatic rings. The number of unbranched alkanes of at least 4 members (excludes halogenated alkanes) is 13. The molecule has 2 fully saturated rings.